The molecule has 35 heavy (non-hydrogen) atoms. The quantitative estimate of drug-likeness (QED) is 0.274. The Morgan fingerprint density at radius 2 is 1.31 bits per heavy atom. The van der Waals surface area contributed by atoms with E-state index in [2.05, 4.69) is 17.6 Å². The lowest BCUT2D eigenvalue weighted by molar-refractivity contribution is 0.0883. The van der Waals surface area contributed by atoms with Crippen molar-refractivity contribution < 1.29 is 19.1 Å². The van der Waals surface area contributed by atoms with Crippen LogP contribution in [0.15, 0.2) is 66.7 Å². The van der Waals surface area contributed by atoms with Crippen LogP contribution >= 0.6 is 0 Å². The summed E-state index contributed by atoms with van der Waals surface area (Å²) in [4.78, 5) is 26.1. The highest BCUT2D eigenvalue weighted by atomic mass is 16.5. The summed E-state index contributed by atoms with van der Waals surface area (Å²) < 4.78 is 11.4. The fourth-order valence-electron chi connectivity index (χ4n) is 3.56. The Balaban J connectivity index is 1.88. The third-order valence-corrected chi connectivity index (χ3v) is 5.70. The monoisotopic (exact) mass is 474 g/mol. The third kappa shape index (κ3) is 7.34. The molecule has 0 saturated heterocycles. The van der Waals surface area contributed by atoms with E-state index in [1.165, 1.54) is 0 Å². The first kappa shape index (κ1) is 25.8. The second-order valence-electron chi connectivity index (χ2n) is 8.58. The molecule has 184 valence electrons. The molecule has 2 amide bonds. The molecular weight excluding hydrogens is 440 g/mol. The van der Waals surface area contributed by atoms with E-state index in [0.29, 0.717) is 34.8 Å². The van der Waals surface area contributed by atoms with Gasteiger partial charge in [-0.25, -0.2) is 0 Å². The average Bonchev–Trinajstić information content (AvgIpc) is 2.86. The number of methoxy groups -OCH3 is 1. The Morgan fingerprint density at radius 1 is 0.771 bits per heavy atom. The zero-order chi connectivity index (χ0) is 25.2. The van der Waals surface area contributed by atoms with Crippen molar-refractivity contribution in [1.82, 2.24) is 10.6 Å². The van der Waals surface area contributed by atoms with E-state index in [9.17, 15) is 9.59 Å². The van der Waals surface area contributed by atoms with E-state index in [1.807, 2.05) is 44.2 Å². The number of hydrogen-bond acceptors (Lipinski definition) is 4. The molecule has 0 spiro atoms. The van der Waals surface area contributed by atoms with E-state index in [-0.39, 0.29) is 11.8 Å². The van der Waals surface area contributed by atoms with Gasteiger partial charge in [0.15, 0.2) is 11.5 Å². The van der Waals surface area contributed by atoms with Gasteiger partial charge in [-0.15, -0.1) is 0 Å². The summed E-state index contributed by atoms with van der Waals surface area (Å²) in [5, 5.41) is 5.91. The molecule has 6 nitrogen and oxygen atoms in total. The summed E-state index contributed by atoms with van der Waals surface area (Å²) >= 11 is 0. The van der Waals surface area contributed by atoms with Gasteiger partial charge in [0.25, 0.3) is 11.8 Å². The van der Waals surface area contributed by atoms with Crippen molar-refractivity contribution in [3.8, 4) is 11.5 Å². The molecule has 0 fully saturated rings. The number of rotatable bonds is 11. The molecule has 2 N–H and O–H groups in total. The van der Waals surface area contributed by atoms with Crippen LogP contribution in [0.2, 0.25) is 0 Å². The van der Waals surface area contributed by atoms with E-state index >= 15 is 0 Å². The highest BCUT2D eigenvalue weighted by Crippen LogP contribution is 2.30. The fraction of sp³-hybridized carbons (Fsp3) is 0.310. The molecule has 0 aliphatic rings. The van der Waals surface area contributed by atoms with Crippen LogP contribution in [0.1, 0.15) is 69.8 Å². The SMILES string of the molecule is CCCCCOc1cc(C(NC(=O)c2ccc(C)cc2)NC(=O)c2ccc(C)cc2)ccc1OC. The number of ether oxygens (including phenoxy) is 2. The van der Waals surface area contributed by atoms with Crippen LogP contribution in [0, 0.1) is 13.8 Å². The van der Waals surface area contributed by atoms with E-state index in [4.69, 9.17) is 9.47 Å². The number of hydrogen-bond donors (Lipinski definition) is 2. The van der Waals surface area contributed by atoms with Crippen LogP contribution in [0.25, 0.3) is 0 Å². The van der Waals surface area contributed by atoms with Crippen LogP contribution < -0.4 is 20.1 Å². The molecule has 0 aromatic heterocycles. The van der Waals surface area contributed by atoms with Gasteiger partial charge >= 0.3 is 0 Å². The number of nitrogens with one attached hydrogen (secondary N) is 2. The molecule has 0 unspecified atom stereocenters. The molecule has 3 rings (SSSR count). The molecule has 0 saturated carbocycles. The van der Waals surface area contributed by atoms with Gasteiger partial charge in [0.1, 0.15) is 6.17 Å². The number of carbonyl (C=O) groups excluding carboxylic acids is 2. The van der Waals surface area contributed by atoms with Gasteiger partial charge in [-0.2, -0.15) is 0 Å². The highest BCUT2D eigenvalue weighted by molar-refractivity contribution is 5.96. The third-order valence-electron chi connectivity index (χ3n) is 5.70. The molecule has 0 heterocycles. The second kappa shape index (κ2) is 12.6. The Kier molecular flexibility index (Phi) is 9.30. The lowest BCUT2D eigenvalue weighted by Gasteiger charge is -2.22. The number of amides is 2. The summed E-state index contributed by atoms with van der Waals surface area (Å²) in [7, 11) is 1.59. The van der Waals surface area contributed by atoms with Crippen molar-refractivity contribution >= 4 is 11.8 Å². The summed E-state index contributed by atoms with van der Waals surface area (Å²) in [6, 6.07) is 20.0. The fourth-order valence-corrected chi connectivity index (χ4v) is 3.56. The molecule has 3 aromatic carbocycles. The number of carbonyl (C=O) groups is 2. The molecule has 0 aliphatic heterocycles. The normalized spacial score (nSPS) is 10.7. The molecule has 0 bridgehead atoms. The van der Waals surface area contributed by atoms with Gasteiger partial charge < -0.3 is 20.1 Å². The standard InChI is InChI=1S/C29H34N2O4/c1-5-6-7-18-35-26-19-24(16-17-25(26)34-4)27(30-28(32)22-12-8-20(2)9-13-22)31-29(33)23-14-10-21(3)11-15-23/h8-17,19,27H,5-7,18H2,1-4H3,(H,30,32)(H,31,33). The lowest BCUT2D eigenvalue weighted by Crippen LogP contribution is -2.41. The van der Waals surface area contributed by atoms with Gasteiger partial charge in [0, 0.05) is 11.1 Å². The van der Waals surface area contributed by atoms with Gasteiger partial charge in [-0.1, -0.05) is 61.2 Å². The first-order chi connectivity index (χ1) is 16.9. The summed E-state index contributed by atoms with van der Waals surface area (Å²) in [5.41, 5.74) is 3.82. The minimum Gasteiger partial charge on any atom is -0.493 e. The Labute approximate surface area is 207 Å². The zero-order valence-corrected chi connectivity index (χ0v) is 20.9. The van der Waals surface area contributed by atoms with Crippen LogP contribution in [0.3, 0.4) is 0 Å². The second-order valence-corrected chi connectivity index (χ2v) is 8.58. The maximum absolute atomic E-state index is 13.0. The topological polar surface area (TPSA) is 76.7 Å². The van der Waals surface area contributed by atoms with E-state index < -0.39 is 6.17 Å². The number of aryl methyl sites for hydroxylation is 2. The Hall–Kier alpha value is -3.80. The van der Waals surface area contributed by atoms with E-state index in [0.717, 1.165) is 30.4 Å². The van der Waals surface area contributed by atoms with Crippen molar-refractivity contribution in [3.05, 3.63) is 94.5 Å². The minimum atomic E-state index is -0.776. The van der Waals surface area contributed by atoms with Crippen LogP contribution in [-0.2, 0) is 0 Å². The number of benzene rings is 3. The van der Waals surface area contributed by atoms with E-state index in [1.54, 1.807) is 43.5 Å². The van der Waals surface area contributed by atoms with Gasteiger partial charge in [-0.05, 0) is 62.2 Å². The van der Waals surface area contributed by atoms with Crippen LogP contribution in [0.4, 0.5) is 0 Å². The van der Waals surface area contributed by atoms with Gasteiger partial charge in [-0.3, -0.25) is 9.59 Å². The van der Waals surface area contributed by atoms with Crippen molar-refractivity contribution in [3.63, 3.8) is 0 Å². The number of unbranched alkanes of at least 4 members (excludes halogenated alkanes) is 2. The summed E-state index contributed by atoms with van der Waals surface area (Å²) in [6.45, 7) is 6.63. The molecule has 0 atom stereocenters. The summed E-state index contributed by atoms with van der Waals surface area (Å²) in [5.74, 6) is 0.583. The molecule has 6 heteroatoms. The lowest BCUT2D eigenvalue weighted by atomic mass is 10.1. The Bertz CT molecular complexity index is 1060. The molecule has 0 radical (unpaired) electrons. The maximum atomic E-state index is 13.0. The molecular formula is C29H34N2O4. The smallest absolute Gasteiger partial charge is 0.253 e. The predicted molar refractivity (Wildman–Crippen MR) is 138 cm³/mol. The van der Waals surface area contributed by atoms with Crippen LogP contribution in [0.5, 0.6) is 11.5 Å². The predicted octanol–water partition coefficient (Wildman–Crippen LogP) is 5.74. The Morgan fingerprint density at radius 3 is 1.80 bits per heavy atom. The van der Waals surface area contributed by atoms with Gasteiger partial charge in [0.2, 0.25) is 0 Å². The van der Waals surface area contributed by atoms with Crippen molar-refractivity contribution in [2.45, 2.75) is 46.2 Å². The van der Waals surface area contributed by atoms with Crippen molar-refractivity contribution in [1.29, 1.82) is 0 Å². The van der Waals surface area contributed by atoms with Crippen molar-refractivity contribution in [2.24, 2.45) is 0 Å². The first-order valence-electron chi connectivity index (χ1n) is 12.0. The largest absolute Gasteiger partial charge is 0.493 e. The highest BCUT2D eigenvalue weighted by Gasteiger charge is 2.21. The van der Waals surface area contributed by atoms with Gasteiger partial charge in [0.05, 0.1) is 13.7 Å². The maximum Gasteiger partial charge on any atom is 0.253 e. The average molecular weight is 475 g/mol. The summed E-state index contributed by atoms with van der Waals surface area (Å²) in [6.07, 6.45) is 2.32. The zero-order valence-electron chi connectivity index (χ0n) is 20.9. The first-order valence-corrected chi connectivity index (χ1v) is 12.0. The van der Waals surface area contributed by atoms with Crippen molar-refractivity contribution in [2.75, 3.05) is 13.7 Å². The minimum absolute atomic E-state index is 0.291. The van der Waals surface area contributed by atoms with Crippen LogP contribution in [-0.4, -0.2) is 25.5 Å². The molecule has 0 aliphatic carbocycles. The molecule has 3 aromatic rings.